The van der Waals surface area contributed by atoms with Crippen LogP contribution < -0.4 is 4.90 Å². The van der Waals surface area contributed by atoms with Crippen LogP contribution in [0, 0.1) is 0 Å². The van der Waals surface area contributed by atoms with Crippen LogP contribution >= 0.6 is 11.6 Å². The van der Waals surface area contributed by atoms with Crippen molar-refractivity contribution in [2.24, 2.45) is 0 Å². The minimum Gasteiger partial charge on any atom is -0.310 e. The zero-order valence-electron chi connectivity index (χ0n) is 25.5. The normalized spacial score (nSPS) is 14.8. The van der Waals surface area contributed by atoms with Crippen molar-refractivity contribution in [2.75, 3.05) is 4.90 Å². The van der Waals surface area contributed by atoms with Crippen LogP contribution in [0.25, 0.3) is 33.4 Å². The van der Waals surface area contributed by atoms with Gasteiger partial charge >= 0.3 is 0 Å². The quantitative estimate of drug-likeness (QED) is 0.198. The van der Waals surface area contributed by atoms with Gasteiger partial charge in [-0.3, -0.25) is 0 Å². The summed E-state index contributed by atoms with van der Waals surface area (Å²) in [5.74, 6) is 0. The molecular formula is C42H34ClN. The minimum absolute atomic E-state index is 0.0778. The van der Waals surface area contributed by atoms with E-state index in [0.29, 0.717) is 0 Å². The molecule has 0 aromatic heterocycles. The monoisotopic (exact) mass is 587 g/mol. The lowest BCUT2D eigenvalue weighted by molar-refractivity contribution is 0.660. The van der Waals surface area contributed by atoms with Gasteiger partial charge < -0.3 is 4.90 Å². The summed E-state index contributed by atoms with van der Waals surface area (Å²) < 4.78 is 0. The molecule has 0 radical (unpaired) electrons. The van der Waals surface area contributed by atoms with Gasteiger partial charge in [-0.05, 0) is 104 Å². The fourth-order valence-electron chi connectivity index (χ4n) is 7.55. The van der Waals surface area contributed by atoms with Crippen molar-refractivity contribution in [3.8, 4) is 33.4 Å². The Morgan fingerprint density at radius 1 is 0.409 bits per heavy atom. The van der Waals surface area contributed by atoms with Crippen molar-refractivity contribution in [2.45, 2.75) is 38.5 Å². The second-order valence-corrected chi connectivity index (χ2v) is 13.6. The van der Waals surface area contributed by atoms with E-state index in [1.807, 2.05) is 6.07 Å². The maximum Gasteiger partial charge on any atom is 0.0465 e. The van der Waals surface area contributed by atoms with Crippen molar-refractivity contribution < 1.29 is 0 Å². The third-order valence-electron chi connectivity index (χ3n) is 9.94. The summed E-state index contributed by atoms with van der Waals surface area (Å²) in [7, 11) is 0. The van der Waals surface area contributed by atoms with E-state index in [2.05, 4.69) is 160 Å². The van der Waals surface area contributed by atoms with Gasteiger partial charge in [-0.15, -0.1) is 0 Å². The molecule has 214 valence electrons. The van der Waals surface area contributed by atoms with E-state index < -0.39 is 0 Å². The first-order chi connectivity index (χ1) is 21.2. The average Bonchev–Trinajstić information content (AvgIpc) is 3.41. The molecule has 2 heteroatoms. The molecule has 2 aliphatic carbocycles. The molecule has 0 heterocycles. The molecule has 0 fully saturated rings. The molecule has 0 spiro atoms. The van der Waals surface area contributed by atoms with Crippen molar-refractivity contribution in [3.63, 3.8) is 0 Å². The maximum atomic E-state index is 6.49. The average molecular weight is 588 g/mol. The molecule has 8 rings (SSSR count). The first-order valence-corrected chi connectivity index (χ1v) is 15.8. The number of hydrogen-bond donors (Lipinski definition) is 0. The van der Waals surface area contributed by atoms with Gasteiger partial charge in [0.05, 0.1) is 0 Å². The van der Waals surface area contributed by atoms with Crippen LogP contribution in [0.15, 0.2) is 133 Å². The number of rotatable bonds is 4. The van der Waals surface area contributed by atoms with Crippen molar-refractivity contribution in [3.05, 3.63) is 161 Å². The lowest BCUT2D eigenvalue weighted by Crippen LogP contribution is -2.18. The van der Waals surface area contributed by atoms with Gasteiger partial charge in [-0.2, -0.15) is 0 Å². The smallest absolute Gasteiger partial charge is 0.0465 e. The van der Waals surface area contributed by atoms with E-state index in [1.54, 1.807) is 0 Å². The van der Waals surface area contributed by atoms with Gasteiger partial charge in [0.1, 0.15) is 0 Å². The van der Waals surface area contributed by atoms with Gasteiger partial charge in [0.15, 0.2) is 0 Å². The van der Waals surface area contributed by atoms with Gasteiger partial charge in [-0.1, -0.05) is 124 Å². The van der Waals surface area contributed by atoms with Crippen LogP contribution in [0.2, 0.25) is 5.02 Å². The van der Waals surface area contributed by atoms with E-state index in [0.717, 1.165) is 22.1 Å². The molecule has 6 aromatic carbocycles. The molecule has 0 N–H and O–H groups in total. The highest BCUT2D eigenvalue weighted by atomic mass is 35.5. The van der Waals surface area contributed by atoms with Crippen LogP contribution in [-0.4, -0.2) is 0 Å². The molecule has 0 bridgehead atoms. The zero-order valence-corrected chi connectivity index (χ0v) is 26.3. The zero-order chi connectivity index (χ0) is 30.2. The number of fused-ring (bicyclic) bond motifs is 6. The number of anilines is 3. The van der Waals surface area contributed by atoms with E-state index in [-0.39, 0.29) is 10.8 Å². The Bertz CT molecular complexity index is 2070. The first-order valence-electron chi connectivity index (χ1n) is 15.4. The lowest BCUT2D eigenvalue weighted by Gasteiger charge is -2.30. The molecule has 0 aliphatic heterocycles. The molecule has 0 amide bonds. The SMILES string of the molecule is CC1(C)c2ccccc2-c2ccc(N(c3ccc(-c4ccccc4)cc3)c3ccc4c(c3)C(C)(C)c3cc(Cl)ccc3-4)cc21. The standard InChI is InChI=1S/C42H34ClN/c1-41(2)37-13-9-8-12-33(37)35-22-19-31(25-39(35)41)44(30-17-14-28(15-18-30)27-10-6-5-7-11-27)32-20-23-36-34-21-16-29(43)24-38(34)42(3,4)40(36)26-32/h5-26H,1-4H3. The van der Waals surface area contributed by atoms with Crippen LogP contribution in [0.1, 0.15) is 49.9 Å². The van der Waals surface area contributed by atoms with Gasteiger partial charge in [-0.25, -0.2) is 0 Å². The number of halogens is 1. The summed E-state index contributed by atoms with van der Waals surface area (Å²) in [6, 6.07) is 48.7. The largest absolute Gasteiger partial charge is 0.310 e. The minimum atomic E-state index is -0.157. The fraction of sp³-hybridized carbons (Fsp3) is 0.143. The second kappa shape index (κ2) is 9.71. The summed E-state index contributed by atoms with van der Waals surface area (Å²) in [4.78, 5) is 2.42. The topological polar surface area (TPSA) is 3.24 Å². The highest BCUT2D eigenvalue weighted by Gasteiger charge is 2.37. The lowest BCUT2D eigenvalue weighted by atomic mass is 9.82. The van der Waals surface area contributed by atoms with Crippen molar-refractivity contribution in [1.82, 2.24) is 0 Å². The predicted molar refractivity (Wildman–Crippen MR) is 187 cm³/mol. The Labute approximate surface area is 265 Å². The van der Waals surface area contributed by atoms with E-state index >= 15 is 0 Å². The summed E-state index contributed by atoms with van der Waals surface area (Å²) in [5, 5.41) is 0.784. The van der Waals surface area contributed by atoms with Crippen molar-refractivity contribution in [1.29, 1.82) is 0 Å². The molecule has 44 heavy (non-hydrogen) atoms. The summed E-state index contributed by atoms with van der Waals surface area (Å²) >= 11 is 6.49. The number of nitrogens with zero attached hydrogens (tertiary/aromatic N) is 1. The van der Waals surface area contributed by atoms with E-state index in [4.69, 9.17) is 11.6 Å². The summed E-state index contributed by atoms with van der Waals surface area (Å²) in [5.41, 5.74) is 16.2. The molecule has 1 nitrogen and oxygen atoms in total. The van der Waals surface area contributed by atoms with E-state index in [1.165, 1.54) is 55.6 Å². The summed E-state index contributed by atoms with van der Waals surface area (Å²) in [6.45, 7) is 9.32. The predicted octanol–water partition coefficient (Wildman–Crippen LogP) is 12.1. The Kier molecular flexibility index (Phi) is 5.96. The molecule has 6 aromatic rings. The Balaban J connectivity index is 1.30. The molecule has 2 aliphatic rings. The molecule has 0 saturated heterocycles. The first kappa shape index (κ1) is 27.0. The second-order valence-electron chi connectivity index (χ2n) is 13.2. The molecule has 0 atom stereocenters. The van der Waals surface area contributed by atoms with Gasteiger partial charge in [0.2, 0.25) is 0 Å². The highest BCUT2D eigenvalue weighted by molar-refractivity contribution is 6.30. The Morgan fingerprint density at radius 2 is 0.864 bits per heavy atom. The van der Waals surface area contributed by atoms with Crippen molar-refractivity contribution >= 4 is 28.7 Å². The third kappa shape index (κ3) is 4.00. The molecule has 0 saturated carbocycles. The van der Waals surface area contributed by atoms with Gasteiger partial charge in [0, 0.05) is 32.9 Å². The van der Waals surface area contributed by atoms with Crippen LogP contribution in [0.5, 0.6) is 0 Å². The third-order valence-corrected chi connectivity index (χ3v) is 10.2. The Hall–Kier alpha value is -4.59. The highest BCUT2D eigenvalue weighted by Crippen LogP contribution is 2.53. The van der Waals surface area contributed by atoms with Crippen LogP contribution in [0.3, 0.4) is 0 Å². The van der Waals surface area contributed by atoms with Crippen LogP contribution in [0.4, 0.5) is 17.1 Å². The maximum absolute atomic E-state index is 6.49. The molecule has 0 unspecified atom stereocenters. The molecular weight excluding hydrogens is 554 g/mol. The van der Waals surface area contributed by atoms with Crippen LogP contribution in [-0.2, 0) is 10.8 Å². The number of hydrogen-bond acceptors (Lipinski definition) is 1. The fourth-order valence-corrected chi connectivity index (χ4v) is 7.72. The number of benzene rings is 6. The Morgan fingerprint density at radius 3 is 1.50 bits per heavy atom. The summed E-state index contributed by atoms with van der Waals surface area (Å²) in [6.07, 6.45) is 0. The van der Waals surface area contributed by atoms with E-state index in [9.17, 15) is 0 Å². The van der Waals surface area contributed by atoms with Gasteiger partial charge in [0.25, 0.3) is 0 Å².